The molecule has 90 valence electrons. The highest BCUT2D eigenvalue weighted by atomic mass is 32.1. The van der Waals surface area contributed by atoms with E-state index in [-0.39, 0.29) is 5.56 Å². The summed E-state index contributed by atoms with van der Waals surface area (Å²) < 4.78 is 1.53. The van der Waals surface area contributed by atoms with Crippen LogP contribution in [-0.4, -0.2) is 21.3 Å². The smallest absolute Gasteiger partial charge is 0.250 e. The number of nitrogens with one attached hydrogen (secondary N) is 1. The molecule has 0 unspecified atom stereocenters. The fourth-order valence-electron chi connectivity index (χ4n) is 1.36. The highest BCUT2D eigenvalue weighted by Crippen LogP contribution is 2.21. The van der Waals surface area contributed by atoms with Crippen LogP contribution in [0.2, 0.25) is 0 Å². The molecule has 6 heteroatoms. The molecule has 2 rings (SSSR count). The molecule has 0 saturated carbocycles. The quantitative estimate of drug-likeness (QED) is 0.880. The SMILES string of the molecule is CCNCc1nnc(-c2ccn(C)c(=O)c2)s1. The highest BCUT2D eigenvalue weighted by molar-refractivity contribution is 7.14. The molecular weight excluding hydrogens is 236 g/mol. The van der Waals surface area contributed by atoms with Crippen LogP contribution in [0.1, 0.15) is 11.9 Å². The molecule has 17 heavy (non-hydrogen) atoms. The highest BCUT2D eigenvalue weighted by Gasteiger charge is 2.07. The summed E-state index contributed by atoms with van der Waals surface area (Å²) in [5.41, 5.74) is 0.791. The second-order valence-electron chi connectivity index (χ2n) is 3.65. The number of pyridine rings is 1. The lowest BCUT2D eigenvalue weighted by molar-refractivity contribution is 0.715. The van der Waals surface area contributed by atoms with Crippen molar-refractivity contribution in [1.82, 2.24) is 20.1 Å². The Kier molecular flexibility index (Phi) is 3.65. The van der Waals surface area contributed by atoms with Gasteiger partial charge in [0.25, 0.3) is 5.56 Å². The molecule has 0 amide bonds. The third-order valence-electron chi connectivity index (χ3n) is 2.34. The van der Waals surface area contributed by atoms with Crippen LogP contribution in [0, 0.1) is 0 Å². The zero-order valence-corrected chi connectivity index (χ0v) is 10.6. The van der Waals surface area contributed by atoms with E-state index in [9.17, 15) is 4.79 Å². The minimum absolute atomic E-state index is 0.0362. The Balaban J connectivity index is 2.24. The molecule has 0 bridgehead atoms. The van der Waals surface area contributed by atoms with Gasteiger partial charge in [0.2, 0.25) is 0 Å². The largest absolute Gasteiger partial charge is 0.319 e. The van der Waals surface area contributed by atoms with E-state index in [2.05, 4.69) is 15.5 Å². The van der Waals surface area contributed by atoms with Gasteiger partial charge in [-0.1, -0.05) is 18.3 Å². The summed E-state index contributed by atoms with van der Waals surface area (Å²) in [5, 5.41) is 13.1. The van der Waals surface area contributed by atoms with Crippen molar-refractivity contribution >= 4 is 11.3 Å². The Morgan fingerprint density at radius 3 is 3.00 bits per heavy atom. The number of hydrogen-bond acceptors (Lipinski definition) is 5. The Morgan fingerprint density at radius 2 is 2.29 bits per heavy atom. The van der Waals surface area contributed by atoms with E-state index in [1.807, 2.05) is 13.0 Å². The molecule has 2 aromatic heterocycles. The van der Waals surface area contributed by atoms with Gasteiger partial charge in [0.15, 0.2) is 0 Å². The normalized spacial score (nSPS) is 10.7. The van der Waals surface area contributed by atoms with Gasteiger partial charge in [-0.05, 0) is 12.6 Å². The summed E-state index contributed by atoms with van der Waals surface area (Å²) in [5.74, 6) is 0. The van der Waals surface area contributed by atoms with Crippen LogP contribution in [-0.2, 0) is 13.6 Å². The van der Waals surface area contributed by atoms with Crippen LogP contribution >= 0.6 is 11.3 Å². The molecule has 0 fully saturated rings. The van der Waals surface area contributed by atoms with Crippen LogP contribution < -0.4 is 10.9 Å². The van der Waals surface area contributed by atoms with Crippen LogP contribution in [0.3, 0.4) is 0 Å². The van der Waals surface area contributed by atoms with E-state index >= 15 is 0 Å². The van der Waals surface area contributed by atoms with Crippen LogP contribution in [0.5, 0.6) is 0 Å². The van der Waals surface area contributed by atoms with Gasteiger partial charge < -0.3 is 9.88 Å². The first-order valence-electron chi connectivity index (χ1n) is 5.41. The zero-order chi connectivity index (χ0) is 12.3. The van der Waals surface area contributed by atoms with Crippen LogP contribution in [0.25, 0.3) is 10.6 Å². The third-order valence-corrected chi connectivity index (χ3v) is 3.32. The number of rotatable bonds is 4. The van der Waals surface area contributed by atoms with Crippen molar-refractivity contribution in [1.29, 1.82) is 0 Å². The third kappa shape index (κ3) is 2.78. The second kappa shape index (κ2) is 5.20. The van der Waals surface area contributed by atoms with E-state index in [4.69, 9.17) is 0 Å². The first-order valence-corrected chi connectivity index (χ1v) is 6.22. The summed E-state index contributed by atoms with van der Waals surface area (Å²) in [6, 6.07) is 3.45. The summed E-state index contributed by atoms with van der Waals surface area (Å²) in [4.78, 5) is 11.5. The van der Waals surface area contributed by atoms with E-state index in [1.54, 1.807) is 19.3 Å². The van der Waals surface area contributed by atoms with Gasteiger partial charge in [0.05, 0.1) is 0 Å². The maximum absolute atomic E-state index is 11.5. The number of aromatic nitrogens is 3. The first-order chi connectivity index (χ1) is 8.20. The maximum Gasteiger partial charge on any atom is 0.250 e. The molecule has 0 aliphatic carbocycles. The molecule has 0 aliphatic heterocycles. The summed E-state index contributed by atoms with van der Waals surface area (Å²) in [6.07, 6.45) is 1.74. The van der Waals surface area contributed by atoms with Crippen molar-refractivity contribution in [2.75, 3.05) is 6.54 Å². The minimum Gasteiger partial charge on any atom is -0.319 e. The Hall–Kier alpha value is -1.53. The fraction of sp³-hybridized carbons (Fsp3) is 0.364. The Labute approximate surface area is 103 Å². The van der Waals surface area contributed by atoms with E-state index in [0.29, 0.717) is 0 Å². The summed E-state index contributed by atoms with van der Waals surface area (Å²) in [7, 11) is 1.73. The van der Waals surface area contributed by atoms with E-state index in [0.717, 1.165) is 28.7 Å². The van der Waals surface area contributed by atoms with Crippen LogP contribution in [0.15, 0.2) is 23.1 Å². The van der Waals surface area contributed by atoms with Crippen molar-refractivity contribution in [3.8, 4) is 10.6 Å². The standard InChI is InChI=1S/C11H14N4OS/c1-3-12-7-9-13-14-11(17-9)8-4-5-15(2)10(16)6-8/h4-6,12H,3,7H2,1-2H3. The maximum atomic E-state index is 11.5. The molecule has 5 nitrogen and oxygen atoms in total. The molecule has 1 N–H and O–H groups in total. The Bertz CT molecular complexity index is 561. The number of aryl methyl sites for hydroxylation is 1. The lowest BCUT2D eigenvalue weighted by atomic mass is 10.3. The second-order valence-corrected chi connectivity index (χ2v) is 4.71. The van der Waals surface area contributed by atoms with Gasteiger partial charge in [-0.3, -0.25) is 4.79 Å². The predicted molar refractivity (Wildman–Crippen MR) is 68.0 cm³/mol. The summed E-state index contributed by atoms with van der Waals surface area (Å²) >= 11 is 1.51. The molecule has 2 heterocycles. The van der Waals surface area contributed by atoms with E-state index < -0.39 is 0 Å². The van der Waals surface area contributed by atoms with Crippen molar-refractivity contribution in [2.45, 2.75) is 13.5 Å². The molecule has 0 aromatic carbocycles. The molecule has 0 aliphatic rings. The minimum atomic E-state index is -0.0362. The molecule has 0 radical (unpaired) electrons. The predicted octanol–water partition coefficient (Wildman–Crippen LogP) is 1.01. The van der Waals surface area contributed by atoms with Crippen molar-refractivity contribution < 1.29 is 0 Å². The lowest BCUT2D eigenvalue weighted by Crippen LogP contribution is -2.13. The molecular formula is C11H14N4OS. The first kappa shape index (κ1) is 11.9. The topological polar surface area (TPSA) is 59.8 Å². The monoisotopic (exact) mass is 250 g/mol. The number of hydrogen-bond donors (Lipinski definition) is 1. The average molecular weight is 250 g/mol. The molecule has 0 spiro atoms. The zero-order valence-electron chi connectivity index (χ0n) is 9.80. The van der Waals surface area contributed by atoms with Gasteiger partial charge in [-0.15, -0.1) is 10.2 Å². The van der Waals surface area contributed by atoms with Crippen LogP contribution in [0.4, 0.5) is 0 Å². The average Bonchev–Trinajstić information content (AvgIpc) is 2.79. The lowest BCUT2D eigenvalue weighted by Gasteiger charge is -1.97. The van der Waals surface area contributed by atoms with Gasteiger partial charge in [-0.25, -0.2) is 0 Å². The fourth-order valence-corrected chi connectivity index (χ4v) is 2.16. The van der Waals surface area contributed by atoms with Gasteiger partial charge >= 0.3 is 0 Å². The van der Waals surface area contributed by atoms with Crippen molar-refractivity contribution in [2.24, 2.45) is 7.05 Å². The van der Waals surface area contributed by atoms with Gasteiger partial charge in [-0.2, -0.15) is 0 Å². The number of nitrogens with zero attached hydrogens (tertiary/aromatic N) is 3. The van der Waals surface area contributed by atoms with E-state index in [1.165, 1.54) is 15.9 Å². The molecule has 0 atom stereocenters. The van der Waals surface area contributed by atoms with Gasteiger partial charge in [0, 0.05) is 31.4 Å². The van der Waals surface area contributed by atoms with Crippen molar-refractivity contribution in [3.05, 3.63) is 33.7 Å². The van der Waals surface area contributed by atoms with Gasteiger partial charge in [0.1, 0.15) is 10.0 Å². The molecule has 0 saturated heterocycles. The van der Waals surface area contributed by atoms with Crippen molar-refractivity contribution in [3.63, 3.8) is 0 Å². The molecule has 2 aromatic rings. The Morgan fingerprint density at radius 1 is 1.47 bits per heavy atom. The summed E-state index contributed by atoms with van der Waals surface area (Å²) in [6.45, 7) is 3.67.